The number of ether oxygens (including phenoxy) is 1. The van der Waals surface area contributed by atoms with Crippen molar-refractivity contribution < 1.29 is 9.53 Å². The first kappa shape index (κ1) is 12.6. The van der Waals surface area contributed by atoms with Gasteiger partial charge in [0.05, 0.1) is 6.61 Å². The Morgan fingerprint density at radius 2 is 1.94 bits per heavy atom. The molecule has 0 heterocycles. The molecule has 1 rings (SSSR count). The van der Waals surface area contributed by atoms with Crippen LogP contribution in [0.15, 0.2) is 24.3 Å². The lowest BCUT2D eigenvalue weighted by atomic mass is 10.2. The maximum absolute atomic E-state index is 11.3. The van der Waals surface area contributed by atoms with Crippen LogP contribution in [0.3, 0.4) is 0 Å². The summed E-state index contributed by atoms with van der Waals surface area (Å²) in [4.78, 5) is 11.3. The van der Waals surface area contributed by atoms with E-state index in [0.29, 0.717) is 13.2 Å². The minimum Gasteiger partial charge on any atom is -0.494 e. The quantitative estimate of drug-likeness (QED) is 0.829. The molecule has 0 saturated carbocycles. The van der Waals surface area contributed by atoms with Crippen LogP contribution in [0.2, 0.25) is 0 Å². The van der Waals surface area contributed by atoms with Gasteiger partial charge in [0.25, 0.3) is 0 Å². The van der Waals surface area contributed by atoms with Crippen molar-refractivity contribution in [3.8, 4) is 5.75 Å². The molecule has 88 valence electrons. The molecule has 0 radical (unpaired) electrons. The van der Waals surface area contributed by atoms with Gasteiger partial charge in [-0.2, -0.15) is 0 Å². The second kappa shape index (κ2) is 6.16. The second-order valence-electron chi connectivity index (χ2n) is 3.95. The minimum atomic E-state index is 0.0303. The topological polar surface area (TPSA) is 38.3 Å². The smallest absolute Gasteiger partial charge is 0.222 e. The van der Waals surface area contributed by atoms with Crippen molar-refractivity contribution >= 4 is 5.91 Å². The molecule has 16 heavy (non-hydrogen) atoms. The van der Waals surface area contributed by atoms with E-state index in [2.05, 4.69) is 5.32 Å². The Bertz CT molecular complexity index is 330. The molecular formula is C13H19NO2. The highest BCUT2D eigenvalue weighted by Crippen LogP contribution is 2.11. The molecule has 0 atom stereocenters. The van der Waals surface area contributed by atoms with Gasteiger partial charge in [0.15, 0.2) is 0 Å². The number of carbonyl (C=O) groups is 1. The number of amides is 1. The average molecular weight is 221 g/mol. The fraction of sp³-hybridized carbons (Fsp3) is 0.462. The number of rotatable bonds is 5. The number of hydrogen-bond donors (Lipinski definition) is 1. The lowest BCUT2D eigenvalue weighted by Crippen LogP contribution is -2.27. The monoisotopic (exact) mass is 221 g/mol. The van der Waals surface area contributed by atoms with Gasteiger partial charge in [0.1, 0.15) is 5.75 Å². The molecule has 1 N–H and O–H groups in total. The average Bonchev–Trinajstić information content (AvgIpc) is 2.28. The van der Waals surface area contributed by atoms with Crippen LogP contribution in [-0.4, -0.2) is 12.5 Å². The molecule has 0 spiro atoms. The van der Waals surface area contributed by atoms with Crippen LogP contribution < -0.4 is 10.1 Å². The molecular weight excluding hydrogens is 202 g/mol. The van der Waals surface area contributed by atoms with E-state index < -0.39 is 0 Å². The summed E-state index contributed by atoms with van der Waals surface area (Å²) in [6.07, 6.45) is 0. The molecule has 0 aliphatic carbocycles. The first-order valence-corrected chi connectivity index (χ1v) is 5.63. The maximum atomic E-state index is 11.3. The van der Waals surface area contributed by atoms with Crippen LogP contribution in [-0.2, 0) is 11.3 Å². The predicted octanol–water partition coefficient (Wildman–Crippen LogP) is 2.36. The number of hydrogen-bond acceptors (Lipinski definition) is 2. The second-order valence-corrected chi connectivity index (χ2v) is 3.95. The predicted molar refractivity (Wildman–Crippen MR) is 64.3 cm³/mol. The molecule has 0 aliphatic rings. The summed E-state index contributed by atoms with van der Waals surface area (Å²) in [7, 11) is 0. The van der Waals surface area contributed by atoms with Crippen LogP contribution in [0.5, 0.6) is 5.75 Å². The highest BCUT2D eigenvalue weighted by atomic mass is 16.5. The van der Waals surface area contributed by atoms with E-state index in [0.717, 1.165) is 11.3 Å². The van der Waals surface area contributed by atoms with Gasteiger partial charge in [0.2, 0.25) is 5.91 Å². The van der Waals surface area contributed by atoms with E-state index in [1.165, 1.54) is 0 Å². The third kappa shape index (κ3) is 3.93. The summed E-state index contributed by atoms with van der Waals surface area (Å²) in [5.74, 6) is 0.970. The third-order valence-corrected chi connectivity index (χ3v) is 2.23. The van der Waals surface area contributed by atoms with Crippen LogP contribution >= 0.6 is 0 Å². The van der Waals surface area contributed by atoms with Crippen molar-refractivity contribution in [1.29, 1.82) is 0 Å². The van der Waals surface area contributed by atoms with E-state index in [1.807, 2.05) is 45.0 Å². The molecule has 0 aliphatic heterocycles. The summed E-state index contributed by atoms with van der Waals surface area (Å²) in [6.45, 7) is 6.96. The van der Waals surface area contributed by atoms with Crippen LogP contribution in [0.4, 0.5) is 0 Å². The molecule has 0 aromatic heterocycles. The first-order valence-electron chi connectivity index (χ1n) is 5.63. The highest BCUT2D eigenvalue weighted by Gasteiger charge is 2.05. The van der Waals surface area contributed by atoms with E-state index in [1.54, 1.807) is 0 Å². The van der Waals surface area contributed by atoms with Gasteiger partial charge in [-0.05, 0) is 24.6 Å². The van der Waals surface area contributed by atoms with Crippen molar-refractivity contribution in [1.82, 2.24) is 5.32 Å². The summed E-state index contributed by atoms with van der Waals surface area (Å²) in [5.41, 5.74) is 1.08. The number of carbonyl (C=O) groups excluding carboxylic acids is 1. The van der Waals surface area contributed by atoms with E-state index >= 15 is 0 Å². The number of benzene rings is 1. The van der Waals surface area contributed by atoms with E-state index in [-0.39, 0.29) is 11.8 Å². The molecule has 1 aromatic carbocycles. The Morgan fingerprint density at radius 1 is 1.31 bits per heavy atom. The minimum absolute atomic E-state index is 0.0303. The SMILES string of the molecule is CCOc1ccc(CNC(=O)C(C)C)cc1. The largest absolute Gasteiger partial charge is 0.494 e. The molecule has 0 saturated heterocycles. The highest BCUT2D eigenvalue weighted by molar-refractivity contribution is 5.77. The Hall–Kier alpha value is -1.51. The van der Waals surface area contributed by atoms with Crippen LogP contribution in [0.25, 0.3) is 0 Å². The summed E-state index contributed by atoms with van der Waals surface area (Å²) < 4.78 is 5.34. The zero-order chi connectivity index (χ0) is 12.0. The molecule has 0 bridgehead atoms. The third-order valence-electron chi connectivity index (χ3n) is 2.23. The maximum Gasteiger partial charge on any atom is 0.222 e. The fourth-order valence-corrected chi connectivity index (χ4v) is 1.26. The zero-order valence-corrected chi connectivity index (χ0v) is 10.1. The van der Waals surface area contributed by atoms with Gasteiger partial charge in [-0.1, -0.05) is 26.0 Å². The van der Waals surface area contributed by atoms with Gasteiger partial charge >= 0.3 is 0 Å². The van der Waals surface area contributed by atoms with Gasteiger partial charge in [-0.25, -0.2) is 0 Å². The number of nitrogens with one attached hydrogen (secondary N) is 1. The molecule has 0 fully saturated rings. The Morgan fingerprint density at radius 3 is 2.44 bits per heavy atom. The first-order chi connectivity index (χ1) is 7.63. The lowest BCUT2D eigenvalue weighted by Gasteiger charge is -2.08. The van der Waals surface area contributed by atoms with Crippen molar-refractivity contribution in [2.24, 2.45) is 5.92 Å². The van der Waals surface area contributed by atoms with Crippen LogP contribution in [0, 0.1) is 5.92 Å². The standard InChI is InChI=1S/C13H19NO2/c1-4-16-12-7-5-11(6-8-12)9-14-13(15)10(2)3/h5-8,10H,4,9H2,1-3H3,(H,14,15). The van der Waals surface area contributed by atoms with Gasteiger partial charge in [-0.3, -0.25) is 4.79 Å². The van der Waals surface area contributed by atoms with Gasteiger partial charge < -0.3 is 10.1 Å². The normalized spacial score (nSPS) is 10.2. The van der Waals surface area contributed by atoms with Gasteiger partial charge in [0, 0.05) is 12.5 Å². The molecule has 1 aromatic rings. The lowest BCUT2D eigenvalue weighted by molar-refractivity contribution is -0.124. The van der Waals surface area contributed by atoms with Crippen molar-refractivity contribution in [2.45, 2.75) is 27.3 Å². The Balaban J connectivity index is 2.46. The van der Waals surface area contributed by atoms with Crippen molar-refractivity contribution in [3.63, 3.8) is 0 Å². The van der Waals surface area contributed by atoms with Crippen LogP contribution in [0.1, 0.15) is 26.3 Å². The molecule has 0 unspecified atom stereocenters. The van der Waals surface area contributed by atoms with Crippen molar-refractivity contribution in [2.75, 3.05) is 6.61 Å². The summed E-state index contributed by atoms with van der Waals surface area (Å²) in [5, 5.41) is 2.87. The Kier molecular flexibility index (Phi) is 4.83. The Labute approximate surface area is 96.8 Å². The molecule has 3 heteroatoms. The van der Waals surface area contributed by atoms with Crippen molar-refractivity contribution in [3.05, 3.63) is 29.8 Å². The van der Waals surface area contributed by atoms with E-state index in [9.17, 15) is 4.79 Å². The summed E-state index contributed by atoms with van der Waals surface area (Å²) >= 11 is 0. The van der Waals surface area contributed by atoms with E-state index in [4.69, 9.17) is 4.74 Å². The molecule has 1 amide bonds. The zero-order valence-electron chi connectivity index (χ0n) is 10.1. The van der Waals surface area contributed by atoms with Gasteiger partial charge in [-0.15, -0.1) is 0 Å². The fourth-order valence-electron chi connectivity index (χ4n) is 1.26. The summed E-state index contributed by atoms with van der Waals surface area (Å²) in [6, 6.07) is 7.76. The molecule has 3 nitrogen and oxygen atoms in total.